The van der Waals surface area contributed by atoms with Gasteiger partial charge in [-0.3, -0.25) is 14.4 Å². The Labute approximate surface area is 246 Å². The van der Waals surface area contributed by atoms with Gasteiger partial charge < -0.3 is 36.0 Å². The van der Waals surface area contributed by atoms with Gasteiger partial charge in [-0.15, -0.1) is 0 Å². The summed E-state index contributed by atoms with van der Waals surface area (Å²) in [4.78, 5) is 43.3. The number of halogens is 2. The number of rotatable bonds is 4. The van der Waals surface area contributed by atoms with Crippen molar-refractivity contribution in [3.63, 3.8) is 0 Å². The highest BCUT2D eigenvalue weighted by Crippen LogP contribution is 2.54. The number of Topliss-reactive ketones (excluding diaryl/α,β-unsaturated/α-hetero) is 2. The van der Waals surface area contributed by atoms with E-state index in [4.69, 9.17) is 28.9 Å². The second kappa shape index (κ2) is 9.99. The fourth-order valence-electron chi connectivity index (χ4n) is 6.94. The van der Waals surface area contributed by atoms with Crippen LogP contribution in [-0.4, -0.2) is 88.7 Å². The van der Waals surface area contributed by atoms with Crippen LogP contribution in [0.25, 0.3) is 11.1 Å². The van der Waals surface area contributed by atoms with Crippen LogP contribution in [-0.2, 0) is 16.0 Å². The van der Waals surface area contributed by atoms with Gasteiger partial charge in [-0.1, -0.05) is 29.3 Å². The lowest BCUT2D eigenvalue weighted by atomic mass is 9.56. The van der Waals surface area contributed by atoms with Gasteiger partial charge in [0, 0.05) is 42.9 Å². The Morgan fingerprint density at radius 2 is 1.73 bits per heavy atom. The molecule has 1 saturated carbocycles. The van der Waals surface area contributed by atoms with Gasteiger partial charge in [-0.25, -0.2) is 0 Å². The van der Waals surface area contributed by atoms with Crippen LogP contribution < -0.4 is 10.6 Å². The van der Waals surface area contributed by atoms with E-state index < -0.39 is 58.7 Å². The van der Waals surface area contributed by atoms with Crippen LogP contribution in [0.3, 0.4) is 0 Å². The number of hydrogen-bond donors (Lipinski definition) is 5. The topological polar surface area (TPSA) is 165 Å². The third-order valence-corrected chi connectivity index (χ3v) is 9.52. The molecule has 0 saturated heterocycles. The molecule has 41 heavy (non-hydrogen) atoms. The number of nitrogens with zero attached hydrogens (tertiary/aromatic N) is 2. The summed E-state index contributed by atoms with van der Waals surface area (Å²) in [5, 5.41) is 46.4. The number of benzene rings is 2. The van der Waals surface area contributed by atoms with Crippen molar-refractivity contribution in [3.05, 3.63) is 56.8 Å². The Morgan fingerprint density at radius 1 is 1.07 bits per heavy atom. The lowest BCUT2D eigenvalue weighted by molar-refractivity contribution is -0.178. The van der Waals surface area contributed by atoms with E-state index in [9.17, 15) is 34.8 Å². The minimum absolute atomic E-state index is 0.0420. The van der Waals surface area contributed by atoms with E-state index in [1.807, 2.05) is 0 Å². The highest BCUT2D eigenvalue weighted by molar-refractivity contribution is 6.42. The minimum atomic E-state index is -2.64. The third kappa shape index (κ3) is 4.15. The molecule has 0 heterocycles. The van der Waals surface area contributed by atoms with E-state index in [0.29, 0.717) is 27.4 Å². The number of ketones is 2. The van der Waals surface area contributed by atoms with Crippen molar-refractivity contribution in [2.45, 2.75) is 30.6 Å². The summed E-state index contributed by atoms with van der Waals surface area (Å²) in [5.74, 6) is -7.80. The predicted molar refractivity (Wildman–Crippen MR) is 153 cm³/mol. The average Bonchev–Trinajstić information content (AvgIpc) is 2.87. The number of fused-ring (bicyclic) bond motifs is 3. The van der Waals surface area contributed by atoms with Gasteiger partial charge in [0.15, 0.2) is 17.2 Å². The van der Waals surface area contributed by atoms with Gasteiger partial charge in [-0.2, -0.15) is 0 Å². The van der Waals surface area contributed by atoms with Gasteiger partial charge in [-0.05, 0) is 62.2 Å². The van der Waals surface area contributed by atoms with E-state index in [0.717, 1.165) is 0 Å². The number of phenolic OH excluding ortho intramolecular Hbond substituents is 1. The molecule has 3 aliphatic rings. The van der Waals surface area contributed by atoms with Crippen molar-refractivity contribution in [3.8, 4) is 16.9 Å². The molecule has 218 valence electrons. The number of hydrogen-bond acceptors (Lipinski definition) is 9. The fourth-order valence-corrected chi connectivity index (χ4v) is 7.23. The van der Waals surface area contributed by atoms with Crippen LogP contribution in [0, 0.1) is 17.8 Å². The first-order valence-electron chi connectivity index (χ1n) is 13.0. The number of aromatic hydroxyl groups is 1. The van der Waals surface area contributed by atoms with E-state index >= 15 is 0 Å². The van der Waals surface area contributed by atoms with Crippen LogP contribution in [0.2, 0.25) is 10.0 Å². The smallest absolute Gasteiger partial charge is 0.230 e. The van der Waals surface area contributed by atoms with Gasteiger partial charge in [0.1, 0.15) is 17.4 Å². The monoisotopic (exact) mass is 603 g/mol. The summed E-state index contributed by atoms with van der Waals surface area (Å²) in [7, 11) is 6.82. The maximum Gasteiger partial charge on any atom is 0.230 e. The van der Waals surface area contributed by atoms with Crippen molar-refractivity contribution in [1.29, 1.82) is 0 Å². The summed E-state index contributed by atoms with van der Waals surface area (Å²) in [6.07, 6.45) is -1.30. The first kappa shape index (κ1) is 29.3. The van der Waals surface area contributed by atoms with Crippen LogP contribution in [0.5, 0.6) is 5.75 Å². The van der Waals surface area contributed by atoms with Crippen molar-refractivity contribution in [2.75, 3.05) is 33.1 Å². The summed E-state index contributed by atoms with van der Waals surface area (Å²) in [6, 6.07) is 5.57. The lowest BCUT2D eigenvalue weighted by Gasteiger charge is -2.53. The Hall–Kier alpha value is -3.15. The zero-order valence-corrected chi connectivity index (χ0v) is 24.4. The molecule has 1 amide bonds. The van der Waals surface area contributed by atoms with Crippen LogP contribution in [0.4, 0.5) is 5.69 Å². The quantitative estimate of drug-likeness (QED) is 0.330. The number of phenols is 1. The van der Waals surface area contributed by atoms with Crippen LogP contribution in [0.15, 0.2) is 35.6 Å². The first-order valence-corrected chi connectivity index (χ1v) is 13.8. The van der Waals surface area contributed by atoms with E-state index in [-0.39, 0.29) is 34.8 Å². The molecule has 1 fully saturated rings. The molecule has 5 rings (SSSR count). The van der Waals surface area contributed by atoms with Crippen molar-refractivity contribution in [1.82, 2.24) is 4.90 Å². The third-order valence-electron chi connectivity index (χ3n) is 8.78. The van der Waals surface area contributed by atoms with Crippen LogP contribution in [0.1, 0.15) is 22.3 Å². The van der Waals surface area contributed by atoms with Crippen molar-refractivity contribution >= 4 is 46.4 Å². The largest absolute Gasteiger partial charge is 0.508 e. The molecule has 12 heteroatoms. The number of aliphatic hydroxyl groups excluding tert-OH is 2. The number of nitrogens with two attached hydrogens (primary N) is 1. The molecule has 3 aliphatic carbocycles. The Kier molecular flexibility index (Phi) is 7.15. The van der Waals surface area contributed by atoms with Gasteiger partial charge in [0.05, 0.1) is 21.7 Å². The molecule has 0 aromatic heterocycles. The number of primary amides is 1. The minimum Gasteiger partial charge on any atom is -0.508 e. The maximum atomic E-state index is 14.2. The first-order chi connectivity index (χ1) is 19.1. The molecule has 6 N–H and O–H groups in total. The van der Waals surface area contributed by atoms with Crippen molar-refractivity contribution < 1.29 is 34.8 Å². The molecule has 10 nitrogen and oxygen atoms in total. The summed E-state index contributed by atoms with van der Waals surface area (Å²) < 4.78 is 0. The molecular formula is C29H31Cl2N3O7. The summed E-state index contributed by atoms with van der Waals surface area (Å²) in [5.41, 5.74) is 4.48. The Morgan fingerprint density at radius 3 is 2.29 bits per heavy atom. The standard InChI is InChI=1S/C29H31Cl2N3O7/c1-33(2)18-10-13(11-5-6-16(30)17(31)9-11)23(35)20-14(18)7-12-8-15-22(34(3)4)25(37)21(28(32)40)27(39)29(15,41)26(38)19(12)24(20)36/h5-6,9-10,12,15,21-22,25,35,37-38,41H,7-8H2,1-4H3,(H2,32,40)/t12-,15-,21?,22-,25?,29-/m0/s1. The Bertz CT molecular complexity index is 1540. The number of carbonyl (C=O) groups excluding carboxylic acids is 3. The van der Waals surface area contributed by atoms with E-state index in [1.54, 1.807) is 62.3 Å². The summed E-state index contributed by atoms with van der Waals surface area (Å²) in [6.45, 7) is 0. The molecule has 0 bridgehead atoms. The lowest BCUT2D eigenvalue weighted by Crippen LogP contribution is -2.71. The molecular weight excluding hydrogens is 573 g/mol. The highest BCUT2D eigenvalue weighted by Gasteiger charge is 2.66. The van der Waals surface area contributed by atoms with Crippen LogP contribution >= 0.6 is 23.2 Å². The van der Waals surface area contributed by atoms with Gasteiger partial charge >= 0.3 is 0 Å². The predicted octanol–water partition coefficient (Wildman–Crippen LogP) is 2.33. The number of anilines is 1. The maximum absolute atomic E-state index is 14.2. The summed E-state index contributed by atoms with van der Waals surface area (Å²) >= 11 is 12.3. The molecule has 2 aromatic rings. The Balaban J connectivity index is 1.74. The molecule has 6 atom stereocenters. The molecule has 0 spiro atoms. The molecule has 2 unspecified atom stereocenters. The highest BCUT2D eigenvalue weighted by atomic mass is 35.5. The van der Waals surface area contributed by atoms with Crippen molar-refractivity contribution in [2.24, 2.45) is 23.5 Å². The van der Waals surface area contributed by atoms with Gasteiger partial charge in [0.25, 0.3) is 0 Å². The number of aliphatic hydroxyl groups is 3. The molecule has 0 radical (unpaired) electrons. The number of amides is 1. The number of allylic oxidation sites excluding steroid dienone is 1. The zero-order chi connectivity index (χ0) is 30.3. The SMILES string of the molecule is CN(C)c1cc(-c2ccc(Cl)c(Cl)c2)c(O)c2c1C[C@H]1C[C@H]3[C@H](N(C)C)C(O)C(C(N)=O)C(=O)[C@@]3(O)C(O)=C1C2=O. The normalized spacial score (nSPS) is 29.2. The molecule has 0 aliphatic heterocycles. The zero-order valence-electron chi connectivity index (χ0n) is 22.9. The van der Waals surface area contributed by atoms with E-state index in [2.05, 4.69) is 0 Å². The van der Waals surface area contributed by atoms with Gasteiger partial charge in [0.2, 0.25) is 5.91 Å². The number of likely N-dealkylation sites (N-methyl/N-ethyl adjacent to an activating group) is 1. The second-order valence-corrected chi connectivity index (χ2v) is 12.3. The second-order valence-electron chi connectivity index (χ2n) is 11.5. The average molecular weight is 604 g/mol. The van der Waals surface area contributed by atoms with E-state index in [1.165, 1.54) is 0 Å². The number of carbonyl (C=O) groups is 3. The fraction of sp³-hybridized carbons (Fsp3) is 0.414. The molecule has 2 aromatic carbocycles.